The molecule has 0 aromatic carbocycles. The van der Waals surface area contributed by atoms with Gasteiger partial charge in [0, 0.05) is 6.04 Å². The van der Waals surface area contributed by atoms with Gasteiger partial charge in [0.15, 0.2) is 0 Å². The van der Waals surface area contributed by atoms with Crippen LogP contribution in [0.4, 0.5) is 0 Å². The van der Waals surface area contributed by atoms with Crippen LogP contribution < -0.4 is 0 Å². The first-order chi connectivity index (χ1) is 8.22. The SMILES string of the molecule is CN(C1CCCC1)[C@@H](C(=O)O)C(=O)OC(C)(C)C. The molecule has 0 aromatic rings. The standard InChI is InChI=1S/C13H23NO4/c1-13(2,3)18-12(17)10(11(15)16)14(4)9-7-5-6-8-9/h9-10H,5-8H2,1-4H3,(H,15,16)/t10-/m0/s1. The summed E-state index contributed by atoms with van der Waals surface area (Å²) in [5, 5.41) is 9.23. The van der Waals surface area contributed by atoms with E-state index in [4.69, 9.17) is 4.74 Å². The minimum absolute atomic E-state index is 0.165. The topological polar surface area (TPSA) is 66.8 Å². The predicted octanol–water partition coefficient (Wildman–Crippen LogP) is 1.66. The number of ether oxygens (including phenoxy) is 1. The molecule has 1 atom stereocenters. The van der Waals surface area contributed by atoms with Crippen molar-refractivity contribution in [3.8, 4) is 0 Å². The number of carbonyl (C=O) groups excluding carboxylic acids is 1. The molecule has 18 heavy (non-hydrogen) atoms. The van der Waals surface area contributed by atoms with E-state index in [9.17, 15) is 14.7 Å². The quantitative estimate of drug-likeness (QED) is 0.613. The number of carboxylic acids is 1. The summed E-state index contributed by atoms with van der Waals surface area (Å²) in [7, 11) is 1.69. The highest BCUT2D eigenvalue weighted by Crippen LogP contribution is 2.24. The van der Waals surface area contributed by atoms with Crippen molar-refractivity contribution in [1.82, 2.24) is 4.90 Å². The second kappa shape index (κ2) is 5.69. The van der Waals surface area contributed by atoms with Gasteiger partial charge in [0.1, 0.15) is 5.60 Å². The van der Waals surface area contributed by atoms with E-state index in [0.717, 1.165) is 25.7 Å². The normalized spacial score (nSPS) is 18.9. The third-order valence-corrected chi connectivity index (χ3v) is 3.17. The summed E-state index contributed by atoms with van der Waals surface area (Å²) in [5.74, 6) is -1.82. The van der Waals surface area contributed by atoms with E-state index in [-0.39, 0.29) is 6.04 Å². The van der Waals surface area contributed by atoms with Crippen molar-refractivity contribution in [3.63, 3.8) is 0 Å². The number of hydrogen-bond donors (Lipinski definition) is 1. The third-order valence-electron chi connectivity index (χ3n) is 3.17. The fourth-order valence-electron chi connectivity index (χ4n) is 2.32. The lowest BCUT2D eigenvalue weighted by Crippen LogP contribution is -2.50. The van der Waals surface area contributed by atoms with Gasteiger partial charge >= 0.3 is 11.9 Å². The van der Waals surface area contributed by atoms with Gasteiger partial charge in [0.2, 0.25) is 6.04 Å². The summed E-state index contributed by atoms with van der Waals surface area (Å²) in [6.45, 7) is 5.21. The van der Waals surface area contributed by atoms with Crippen LogP contribution in [0.15, 0.2) is 0 Å². The third kappa shape index (κ3) is 3.98. The molecule has 1 rings (SSSR count). The van der Waals surface area contributed by atoms with Crippen molar-refractivity contribution < 1.29 is 19.4 Å². The van der Waals surface area contributed by atoms with Gasteiger partial charge in [-0.15, -0.1) is 0 Å². The Morgan fingerprint density at radius 2 is 1.78 bits per heavy atom. The Labute approximate surface area is 108 Å². The maximum Gasteiger partial charge on any atom is 0.335 e. The van der Waals surface area contributed by atoms with Gasteiger partial charge in [-0.2, -0.15) is 0 Å². The van der Waals surface area contributed by atoms with Crippen molar-refractivity contribution in [3.05, 3.63) is 0 Å². The molecule has 1 N–H and O–H groups in total. The monoisotopic (exact) mass is 257 g/mol. The predicted molar refractivity (Wildman–Crippen MR) is 67.3 cm³/mol. The number of nitrogens with zero attached hydrogens (tertiary/aromatic N) is 1. The molecule has 5 nitrogen and oxygen atoms in total. The van der Waals surface area contributed by atoms with Crippen LogP contribution in [0.2, 0.25) is 0 Å². The summed E-state index contributed by atoms with van der Waals surface area (Å²) in [6, 6.07) is -1.04. The Morgan fingerprint density at radius 1 is 1.28 bits per heavy atom. The zero-order valence-corrected chi connectivity index (χ0v) is 11.6. The first-order valence-corrected chi connectivity index (χ1v) is 6.40. The van der Waals surface area contributed by atoms with Crippen LogP contribution in [-0.4, -0.2) is 46.7 Å². The molecule has 0 radical (unpaired) electrons. The number of esters is 1. The molecule has 104 valence electrons. The average Bonchev–Trinajstić information content (AvgIpc) is 2.65. The highest BCUT2D eigenvalue weighted by atomic mass is 16.6. The Morgan fingerprint density at radius 3 is 2.17 bits per heavy atom. The lowest BCUT2D eigenvalue weighted by Gasteiger charge is -2.31. The molecule has 0 aliphatic heterocycles. The summed E-state index contributed by atoms with van der Waals surface area (Å²) < 4.78 is 5.18. The summed E-state index contributed by atoms with van der Waals surface area (Å²) in [5.41, 5.74) is -0.665. The minimum Gasteiger partial charge on any atom is -0.480 e. The fourth-order valence-corrected chi connectivity index (χ4v) is 2.32. The number of likely N-dealkylation sites (N-methyl/N-ethyl adjacent to an activating group) is 1. The van der Waals surface area contributed by atoms with Gasteiger partial charge in [-0.1, -0.05) is 12.8 Å². The fraction of sp³-hybridized carbons (Fsp3) is 0.846. The maximum atomic E-state index is 12.0. The van der Waals surface area contributed by atoms with Gasteiger partial charge in [0.05, 0.1) is 0 Å². The molecule has 1 saturated carbocycles. The molecule has 0 spiro atoms. The van der Waals surface area contributed by atoms with E-state index in [1.54, 1.807) is 32.7 Å². The van der Waals surface area contributed by atoms with E-state index in [2.05, 4.69) is 0 Å². The second-order valence-electron chi connectivity index (χ2n) is 5.88. The van der Waals surface area contributed by atoms with Gasteiger partial charge in [-0.25, -0.2) is 9.59 Å². The molecule has 1 aliphatic carbocycles. The molecular weight excluding hydrogens is 234 g/mol. The maximum absolute atomic E-state index is 12.0. The molecule has 1 aliphatic rings. The number of aliphatic carboxylic acids is 1. The summed E-state index contributed by atoms with van der Waals surface area (Å²) in [4.78, 5) is 24.9. The molecule has 0 heterocycles. The van der Waals surface area contributed by atoms with Crippen molar-refractivity contribution in [2.24, 2.45) is 0 Å². The first-order valence-electron chi connectivity index (χ1n) is 6.40. The van der Waals surface area contributed by atoms with Crippen molar-refractivity contribution in [2.45, 2.75) is 64.1 Å². The summed E-state index contributed by atoms with van der Waals surface area (Å²) >= 11 is 0. The van der Waals surface area contributed by atoms with E-state index in [1.807, 2.05) is 0 Å². The van der Waals surface area contributed by atoms with Crippen LogP contribution in [0, 0.1) is 0 Å². The molecular formula is C13H23NO4. The highest BCUT2D eigenvalue weighted by molar-refractivity contribution is 5.98. The number of rotatable bonds is 4. The molecule has 0 bridgehead atoms. The van der Waals surface area contributed by atoms with Crippen LogP contribution in [0.3, 0.4) is 0 Å². The van der Waals surface area contributed by atoms with Crippen molar-refractivity contribution in [1.29, 1.82) is 0 Å². The Balaban J connectivity index is 2.75. The molecule has 0 amide bonds. The highest BCUT2D eigenvalue weighted by Gasteiger charge is 2.38. The number of carboxylic acid groups (broad SMARTS) is 1. The van der Waals surface area contributed by atoms with E-state index in [0.29, 0.717) is 0 Å². The van der Waals surface area contributed by atoms with Gasteiger partial charge in [-0.05, 0) is 40.7 Å². The van der Waals surface area contributed by atoms with E-state index < -0.39 is 23.6 Å². The Hall–Kier alpha value is -1.10. The largest absolute Gasteiger partial charge is 0.480 e. The van der Waals surface area contributed by atoms with Crippen molar-refractivity contribution >= 4 is 11.9 Å². The van der Waals surface area contributed by atoms with Gasteiger partial charge < -0.3 is 9.84 Å². The molecule has 1 fully saturated rings. The van der Waals surface area contributed by atoms with Crippen LogP contribution in [0.5, 0.6) is 0 Å². The van der Waals surface area contributed by atoms with Crippen LogP contribution >= 0.6 is 0 Å². The smallest absolute Gasteiger partial charge is 0.335 e. The minimum atomic E-state index is -1.20. The lowest BCUT2D eigenvalue weighted by atomic mass is 10.1. The molecule has 5 heteroatoms. The Bertz CT molecular complexity index is 315. The van der Waals surface area contributed by atoms with Crippen LogP contribution in [-0.2, 0) is 14.3 Å². The lowest BCUT2D eigenvalue weighted by molar-refractivity contribution is -0.169. The molecule has 0 unspecified atom stereocenters. The number of hydrogen-bond acceptors (Lipinski definition) is 4. The van der Waals surface area contributed by atoms with E-state index in [1.165, 1.54) is 0 Å². The van der Waals surface area contributed by atoms with Crippen LogP contribution in [0.1, 0.15) is 46.5 Å². The average molecular weight is 257 g/mol. The van der Waals surface area contributed by atoms with Gasteiger partial charge in [0.25, 0.3) is 0 Å². The zero-order chi connectivity index (χ0) is 13.9. The first kappa shape index (κ1) is 15.0. The van der Waals surface area contributed by atoms with Gasteiger partial charge in [-0.3, -0.25) is 4.90 Å². The molecule has 0 saturated heterocycles. The van der Waals surface area contributed by atoms with E-state index >= 15 is 0 Å². The zero-order valence-electron chi connectivity index (χ0n) is 11.6. The van der Waals surface area contributed by atoms with Crippen molar-refractivity contribution in [2.75, 3.05) is 7.05 Å². The number of carbonyl (C=O) groups is 2. The van der Waals surface area contributed by atoms with Crippen LogP contribution in [0.25, 0.3) is 0 Å². The molecule has 0 aromatic heterocycles. The second-order valence-corrected chi connectivity index (χ2v) is 5.88. The summed E-state index contributed by atoms with van der Waals surface area (Å²) in [6.07, 6.45) is 4.08. The Kier molecular flexibility index (Phi) is 4.73.